The third-order valence-corrected chi connectivity index (χ3v) is 2.29. The second-order valence-electron chi connectivity index (χ2n) is 3.61. The molecule has 0 aliphatic heterocycles. The Balaban J connectivity index is 0.000000980. The van der Waals surface area contributed by atoms with Crippen LogP contribution in [0.4, 0.5) is 0 Å². The van der Waals surface area contributed by atoms with Gasteiger partial charge in [-0.15, -0.1) is 0 Å². The zero-order valence-electron chi connectivity index (χ0n) is 9.57. The number of hydrogen-bond acceptors (Lipinski definition) is 1. The van der Waals surface area contributed by atoms with Gasteiger partial charge >= 0.3 is 0 Å². The zero-order valence-corrected chi connectivity index (χ0v) is 12.4. The van der Waals surface area contributed by atoms with Crippen molar-refractivity contribution in [3.63, 3.8) is 0 Å². The van der Waals surface area contributed by atoms with E-state index in [1.54, 1.807) is 0 Å². The SMILES string of the molecule is CC(C)c1ccc2ncccc2c1.[CH3-].[Y]. The van der Waals surface area contributed by atoms with Crippen LogP contribution in [0.3, 0.4) is 0 Å². The van der Waals surface area contributed by atoms with E-state index in [2.05, 4.69) is 43.1 Å². The van der Waals surface area contributed by atoms with Gasteiger partial charge < -0.3 is 7.43 Å². The van der Waals surface area contributed by atoms with Gasteiger partial charge in [0.05, 0.1) is 5.52 Å². The first kappa shape index (κ1) is 14.7. The van der Waals surface area contributed by atoms with Crippen molar-refractivity contribution in [3.05, 3.63) is 49.5 Å². The van der Waals surface area contributed by atoms with Gasteiger partial charge in [0.1, 0.15) is 0 Å². The van der Waals surface area contributed by atoms with Gasteiger partial charge in [0.2, 0.25) is 0 Å². The van der Waals surface area contributed by atoms with Crippen molar-refractivity contribution < 1.29 is 32.7 Å². The quantitative estimate of drug-likeness (QED) is 0.721. The van der Waals surface area contributed by atoms with Crippen molar-refractivity contribution in [2.75, 3.05) is 0 Å². The summed E-state index contributed by atoms with van der Waals surface area (Å²) in [5.74, 6) is 0.588. The molecule has 0 aliphatic rings. The van der Waals surface area contributed by atoms with Crippen molar-refractivity contribution >= 4 is 10.9 Å². The van der Waals surface area contributed by atoms with Crippen molar-refractivity contribution in [3.8, 4) is 0 Å². The predicted octanol–water partition coefficient (Wildman–Crippen LogP) is 3.81. The minimum Gasteiger partial charge on any atom is -0.358 e. The number of nitrogens with zero attached hydrogens (tertiary/aromatic N) is 1. The van der Waals surface area contributed by atoms with Crippen LogP contribution in [-0.2, 0) is 32.7 Å². The molecule has 2 rings (SSSR count). The first-order valence-corrected chi connectivity index (χ1v) is 4.62. The molecule has 0 bridgehead atoms. The van der Waals surface area contributed by atoms with Crippen molar-refractivity contribution in [2.45, 2.75) is 19.8 Å². The van der Waals surface area contributed by atoms with Gasteiger partial charge in [-0.1, -0.05) is 26.0 Å². The van der Waals surface area contributed by atoms with Crippen molar-refractivity contribution in [1.29, 1.82) is 0 Å². The first-order chi connectivity index (χ1) is 6.27. The molecule has 1 heterocycles. The molecule has 0 fully saturated rings. The first-order valence-electron chi connectivity index (χ1n) is 4.62. The summed E-state index contributed by atoms with van der Waals surface area (Å²) in [4.78, 5) is 4.28. The summed E-state index contributed by atoms with van der Waals surface area (Å²) in [6.07, 6.45) is 1.83. The van der Waals surface area contributed by atoms with E-state index < -0.39 is 0 Å². The molecule has 0 amide bonds. The van der Waals surface area contributed by atoms with Crippen LogP contribution >= 0.6 is 0 Å². The fourth-order valence-electron chi connectivity index (χ4n) is 1.45. The van der Waals surface area contributed by atoms with E-state index >= 15 is 0 Å². The molecule has 2 aromatic rings. The van der Waals surface area contributed by atoms with Crippen LogP contribution in [0.2, 0.25) is 0 Å². The van der Waals surface area contributed by atoms with E-state index in [1.807, 2.05) is 12.3 Å². The van der Waals surface area contributed by atoms with E-state index in [0.717, 1.165) is 5.52 Å². The van der Waals surface area contributed by atoms with E-state index in [0.29, 0.717) is 5.92 Å². The second-order valence-corrected chi connectivity index (χ2v) is 3.61. The summed E-state index contributed by atoms with van der Waals surface area (Å²) >= 11 is 0. The molecule has 0 unspecified atom stereocenters. The number of benzene rings is 1. The molecule has 1 radical (unpaired) electrons. The van der Waals surface area contributed by atoms with Crippen LogP contribution in [-0.4, -0.2) is 4.98 Å². The standard InChI is InChI=1S/C12H13N.CH3.Y/c1-9(2)10-5-6-12-11(8-10)4-3-7-13-12;;/h3-9H,1-2H3;1H3;/q;-1;. The monoisotopic (exact) mass is 275 g/mol. The Hall–Kier alpha value is -0.266. The minimum absolute atomic E-state index is 0. The molecule has 0 atom stereocenters. The van der Waals surface area contributed by atoms with Gasteiger partial charge in [-0.25, -0.2) is 0 Å². The van der Waals surface area contributed by atoms with Gasteiger partial charge in [0.15, 0.2) is 0 Å². The van der Waals surface area contributed by atoms with Gasteiger partial charge in [-0.2, -0.15) is 0 Å². The largest absolute Gasteiger partial charge is 0.358 e. The van der Waals surface area contributed by atoms with Crippen molar-refractivity contribution in [1.82, 2.24) is 4.98 Å². The van der Waals surface area contributed by atoms with Crippen LogP contribution < -0.4 is 0 Å². The maximum atomic E-state index is 4.28. The Morgan fingerprint density at radius 3 is 2.53 bits per heavy atom. The Bertz CT molecular complexity index is 424. The molecule has 2 heteroatoms. The van der Waals surface area contributed by atoms with Crippen LogP contribution in [0, 0.1) is 7.43 Å². The Morgan fingerprint density at radius 2 is 1.87 bits per heavy atom. The topological polar surface area (TPSA) is 12.9 Å². The van der Waals surface area contributed by atoms with E-state index in [1.165, 1.54) is 10.9 Å². The fraction of sp³-hybridized carbons (Fsp3) is 0.231. The van der Waals surface area contributed by atoms with Gasteiger partial charge in [-0.3, -0.25) is 4.98 Å². The van der Waals surface area contributed by atoms with Crippen LogP contribution in [0.1, 0.15) is 25.3 Å². The summed E-state index contributed by atoms with van der Waals surface area (Å²) < 4.78 is 0. The Kier molecular flexibility index (Phi) is 6.23. The molecule has 1 nitrogen and oxygen atoms in total. The molecule has 15 heavy (non-hydrogen) atoms. The van der Waals surface area contributed by atoms with E-state index in [4.69, 9.17) is 0 Å². The number of fused-ring (bicyclic) bond motifs is 1. The number of pyridine rings is 1. The molecular formula is C13H16NY-. The predicted molar refractivity (Wildman–Crippen MR) is 62.2 cm³/mol. The van der Waals surface area contributed by atoms with Crippen LogP contribution in [0.5, 0.6) is 0 Å². The summed E-state index contributed by atoms with van der Waals surface area (Å²) in [5, 5.41) is 1.23. The van der Waals surface area contributed by atoms with Gasteiger partial charge in [0, 0.05) is 44.3 Å². The smallest absolute Gasteiger partial charge is 0.0702 e. The molecule has 1 aromatic heterocycles. The molecule has 0 saturated heterocycles. The maximum Gasteiger partial charge on any atom is 0.0702 e. The molecule has 0 spiro atoms. The van der Waals surface area contributed by atoms with Gasteiger partial charge in [0.25, 0.3) is 0 Å². The number of aromatic nitrogens is 1. The van der Waals surface area contributed by atoms with E-state index in [9.17, 15) is 0 Å². The molecule has 0 N–H and O–H groups in total. The number of hydrogen-bond donors (Lipinski definition) is 0. The Labute approximate surface area is 117 Å². The van der Waals surface area contributed by atoms with E-state index in [-0.39, 0.29) is 40.1 Å². The normalized spacial score (nSPS) is 9.53. The van der Waals surface area contributed by atoms with Crippen LogP contribution in [0.15, 0.2) is 36.5 Å². The second kappa shape index (κ2) is 6.35. The summed E-state index contributed by atoms with van der Waals surface area (Å²) in [6, 6.07) is 10.5. The Morgan fingerprint density at radius 1 is 1.13 bits per heavy atom. The minimum atomic E-state index is 0. The average Bonchev–Trinajstić information content (AvgIpc) is 2.17. The maximum absolute atomic E-state index is 4.28. The summed E-state index contributed by atoms with van der Waals surface area (Å²) in [6.45, 7) is 4.41. The molecule has 0 aliphatic carbocycles. The molecule has 0 saturated carbocycles. The zero-order chi connectivity index (χ0) is 9.26. The average molecular weight is 275 g/mol. The molecule has 77 valence electrons. The number of rotatable bonds is 1. The third kappa shape index (κ3) is 3.36. The van der Waals surface area contributed by atoms with Crippen LogP contribution in [0.25, 0.3) is 10.9 Å². The molecular weight excluding hydrogens is 259 g/mol. The summed E-state index contributed by atoms with van der Waals surface area (Å²) in [5.41, 5.74) is 2.45. The molecule has 1 aromatic carbocycles. The van der Waals surface area contributed by atoms with Crippen molar-refractivity contribution in [2.24, 2.45) is 0 Å². The van der Waals surface area contributed by atoms with Gasteiger partial charge in [-0.05, 0) is 29.7 Å². The fourth-order valence-corrected chi connectivity index (χ4v) is 1.45. The summed E-state index contributed by atoms with van der Waals surface area (Å²) in [7, 11) is 0. The third-order valence-electron chi connectivity index (χ3n) is 2.29.